The van der Waals surface area contributed by atoms with Gasteiger partial charge >= 0.3 is 0 Å². The number of benzene rings is 1. The molecule has 0 amide bonds. The lowest BCUT2D eigenvalue weighted by molar-refractivity contribution is -0.913. The van der Waals surface area contributed by atoms with Crippen LogP contribution in [0.1, 0.15) is 47.2 Å². The number of ether oxygens (including phenoxy) is 1. The predicted molar refractivity (Wildman–Crippen MR) is 98.1 cm³/mol. The van der Waals surface area contributed by atoms with Gasteiger partial charge in [-0.3, -0.25) is 9.78 Å². The molecule has 1 aromatic carbocycles. The average molecular weight is 351 g/mol. The van der Waals surface area contributed by atoms with Crippen molar-refractivity contribution >= 4 is 11.9 Å². The number of carbonyl (C=O) groups excluding carboxylic acids is 1. The number of allylic oxidation sites excluding steroid dienone is 1. The minimum absolute atomic E-state index is 0.143. The summed E-state index contributed by atoms with van der Waals surface area (Å²) in [7, 11) is 0. The van der Waals surface area contributed by atoms with Gasteiger partial charge in [0.25, 0.3) is 0 Å². The molecular formula is C21H23N2O3+. The number of quaternary nitrogens is 1. The summed E-state index contributed by atoms with van der Waals surface area (Å²) in [5.41, 5.74) is 2.08. The molecule has 0 aliphatic carbocycles. The van der Waals surface area contributed by atoms with Gasteiger partial charge in [-0.2, -0.15) is 0 Å². The first kappa shape index (κ1) is 16.8. The number of aromatic nitrogens is 1. The van der Waals surface area contributed by atoms with Gasteiger partial charge < -0.3 is 14.7 Å². The number of carbonyl (C=O) groups is 1. The zero-order chi connectivity index (χ0) is 17.9. The Hall–Kier alpha value is -2.66. The molecule has 0 saturated carbocycles. The second kappa shape index (κ2) is 7.30. The molecule has 2 aliphatic rings. The number of phenols is 1. The van der Waals surface area contributed by atoms with E-state index in [-0.39, 0.29) is 17.3 Å². The van der Waals surface area contributed by atoms with E-state index in [4.69, 9.17) is 4.74 Å². The highest BCUT2D eigenvalue weighted by molar-refractivity contribution is 6.14. The number of nitrogens with zero attached hydrogens (tertiary/aromatic N) is 1. The van der Waals surface area contributed by atoms with Crippen molar-refractivity contribution in [1.82, 2.24) is 4.98 Å². The number of phenolic OH excluding ortho intramolecular Hbond substituents is 1. The van der Waals surface area contributed by atoms with E-state index in [0.717, 1.165) is 24.2 Å². The van der Waals surface area contributed by atoms with Crippen LogP contribution in [0.3, 0.4) is 0 Å². The quantitative estimate of drug-likeness (QED) is 0.834. The highest BCUT2D eigenvalue weighted by Crippen LogP contribution is 2.39. The number of pyridine rings is 1. The lowest BCUT2D eigenvalue weighted by Gasteiger charge is -2.18. The third-order valence-corrected chi connectivity index (χ3v) is 5.14. The minimum Gasteiger partial charge on any atom is -0.507 e. The topological polar surface area (TPSA) is 63.9 Å². The van der Waals surface area contributed by atoms with Crippen LogP contribution in [-0.4, -0.2) is 29.0 Å². The fourth-order valence-corrected chi connectivity index (χ4v) is 3.74. The molecule has 0 bridgehead atoms. The number of likely N-dealkylation sites (tertiary alicyclic amines) is 1. The number of nitrogens with one attached hydrogen (secondary N) is 1. The number of rotatable bonds is 3. The first-order valence-corrected chi connectivity index (χ1v) is 9.25. The van der Waals surface area contributed by atoms with Crippen LogP contribution >= 0.6 is 0 Å². The van der Waals surface area contributed by atoms with Gasteiger partial charge in [-0.05, 0) is 55.5 Å². The van der Waals surface area contributed by atoms with Gasteiger partial charge in [0.15, 0.2) is 11.5 Å². The number of aromatic hydroxyl groups is 1. The molecule has 5 heteroatoms. The predicted octanol–water partition coefficient (Wildman–Crippen LogP) is 2.36. The van der Waals surface area contributed by atoms with Crippen LogP contribution in [0.5, 0.6) is 11.5 Å². The summed E-state index contributed by atoms with van der Waals surface area (Å²) in [6.45, 7) is 2.87. The van der Waals surface area contributed by atoms with Gasteiger partial charge in [0, 0.05) is 12.4 Å². The first-order valence-electron chi connectivity index (χ1n) is 9.25. The highest BCUT2D eigenvalue weighted by atomic mass is 16.5. The molecule has 1 fully saturated rings. The molecule has 2 N–H and O–H groups in total. The van der Waals surface area contributed by atoms with E-state index >= 15 is 0 Å². The number of fused-ring (bicyclic) bond motifs is 1. The van der Waals surface area contributed by atoms with E-state index in [1.165, 1.54) is 30.6 Å². The summed E-state index contributed by atoms with van der Waals surface area (Å²) in [5.74, 6) is 0.861. The van der Waals surface area contributed by atoms with Crippen LogP contribution in [0, 0.1) is 0 Å². The molecule has 5 nitrogen and oxygen atoms in total. The lowest BCUT2D eigenvalue weighted by Crippen LogP contribution is -3.10. The molecule has 3 heterocycles. The number of hydrogen-bond donors (Lipinski definition) is 2. The van der Waals surface area contributed by atoms with Crippen LogP contribution in [-0.2, 0) is 6.54 Å². The summed E-state index contributed by atoms with van der Waals surface area (Å²) in [5, 5.41) is 10.4. The number of hydrogen-bond acceptors (Lipinski definition) is 4. The normalized spacial score (nSPS) is 19.2. The van der Waals surface area contributed by atoms with E-state index in [2.05, 4.69) is 4.98 Å². The van der Waals surface area contributed by atoms with Crippen LogP contribution in [0.4, 0.5) is 0 Å². The molecular weight excluding hydrogens is 328 g/mol. The maximum atomic E-state index is 12.7. The van der Waals surface area contributed by atoms with Gasteiger partial charge in [0.1, 0.15) is 12.3 Å². The van der Waals surface area contributed by atoms with Crippen molar-refractivity contribution < 1.29 is 19.5 Å². The van der Waals surface area contributed by atoms with Crippen molar-refractivity contribution in [3.63, 3.8) is 0 Å². The third kappa shape index (κ3) is 3.35. The van der Waals surface area contributed by atoms with Gasteiger partial charge in [-0.25, -0.2) is 0 Å². The Morgan fingerprint density at radius 3 is 2.69 bits per heavy atom. The van der Waals surface area contributed by atoms with E-state index in [9.17, 15) is 9.90 Å². The maximum absolute atomic E-state index is 12.7. The molecule has 0 atom stereocenters. The van der Waals surface area contributed by atoms with E-state index < -0.39 is 0 Å². The summed E-state index contributed by atoms with van der Waals surface area (Å²) in [6.07, 6.45) is 10.0. The molecule has 26 heavy (non-hydrogen) atoms. The summed E-state index contributed by atoms with van der Waals surface area (Å²) in [6, 6.07) is 6.95. The second-order valence-corrected chi connectivity index (χ2v) is 7.01. The summed E-state index contributed by atoms with van der Waals surface area (Å²) in [4.78, 5) is 18.2. The molecule has 0 unspecified atom stereocenters. The van der Waals surface area contributed by atoms with Gasteiger partial charge in [0.2, 0.25) is 5.78 Å². The summed E-state index contributed by atoms with van der Waals surface area (Å²) < 4.78 is 5.92. The Balaban J connectivity index is 1.64. The molecule has 134 valence electrons. The van der Waals surface area contributed by atoms with Crippen LogP contribution in [0.15, 0.2) is 42.4 Å². The van der Waals surface area contributed by atoms with Crippen LogP contribution in [0.2, 0.25) is 0 Å². The van der Waals surface area contributed by atoms with E-state index in [1.807, 2.05) is 12.1 Å². The van der Waals surface area contributed by atoms with Gasteiger partial charge in [0.05, 0.1) is 24.2 Å². The van der Waals surface area contributed by atoms with Crippen molar-refractivity contribution in [3.8, 4) is 11.5 Å². The third-order valence-electron chi connectivity index (χ3n) is 5.14. The molecule has 1 aromatic heterocycles. The summed E-state index contributed by atoms with van der Waals surface area (Å²) >= 11 is 0. The Morgan fingerprint density at radius 2 is 1.96 bits per heavy atom. The molecule has 1 saturated heterocycles. The standard InChI is InChI=1S/C21H22N2O3/c24-18-8-7-16-20(25)19(12-15-6-5-9-22-13-15)26-21(16)17(18)14-23-10-3-1-2-4-11-23/h5-9,12-13,24H,1-4,10-11,14H2/p+1/b19-12+. The zero-order valence-electron chi connectivity index (χ0n) is 14.7. The Bertz CT molecular complexity index is 838. The van der Waals surface area contributed by atoms with Gasteiger partial charge in [-0.1, -0.05) is 6.07 Å². The average Bonchev–Trinajstić information content (AvgIpc) is 2.83. The molecule has 2 aromatic rings. The van der Waals surface area contributed by atoms with Crippen molar-refractivity contribution in [2.45, 2.75) is 32.2 Å². The number of ketones is 1. The Labute approximate surface area is 152 Å². The van der Waals surface area contributed by atoms with Crippen molar-refractivity contribution in [3.05, 3.63) is 59.1 Å². The smallest absolute Gasteiger partial charge is 0.231 e. The van der Waals surface area contributed by atoms with Crippen molar-refractivity contribution in [2.75, 3.05) is 13.1 Å². The SMILES string of the molecule is O=C1/C(=C\c2cccnc2)Oc2c1ccc(O)c2C[NH+]1CCCCCC1. The number of Topliss-reactive ketones (excluding diaryl/α,β-unsaturated/α-hetero) is 1. The highest BCUT2D eigenvalue weighted by Gasteiger charge is 2.32. The Kier molecular flexibility index (Phi) is 4.71. The van der Waals surface area contributed by atoms with E-state index in [1.54, 1.807) is 30.6 Å². The Morgan fingerprint density at radius 1 is 1.15 bits per heavy atom. The minimum atomic E-state index is -0.143. The zero-order valence-corrected chi connectivity index (χ0v) is 14.7. The molecule has 0 spiro atoms. The van der Waals surface area contributed by atoms with Crippen LogP contribution in [0.25, 0.3) is 6.08 Å². The second-order valence-electron chi connectivity index (χ2n) is 7.01. The molecule has 0 radical (unpaired) electrons. The maximum Gasteiger partial charge on any atom is 0.231 e. The first-order chi connectivity index (χ1) is 12.7. The lowest BCUT2D eigenvalue weighted by atomic mass is 10.0. The molecule has 2 aliphatic heterocycles. The largest absolute Gasteiger partial charge is 0.507 e. The molecule has 4 rings (SSSR count). The van der Waals surface area contributed by atoms with Crippen molar-refractivity contribution in [2.24, 2.45) is 0 Å². The van der Waals surface area contributed by atoms with Crippen LogP contribution < -0.4 is 9.64 Å². The fraction of sp³-hybridized carbons (Fsp3) is 0.333. The van der Waals surface area contributed by atoms with E-state index in [0.29, 0.717) is 17.9 Å². The monoisotopic (exact) mass is 351 g/mol. The fourth-order valence-electron chi connectivity index (χ4n) is 3.74. The van der Waals surface area contributed by atoms with Crippen molar-refractivity contribution in [1.29, 1.82) is 0 Å². The van der Waals surface area contributed by atoms with Gasteiger partial charge in [-0.15, -0.1) is 0 Å².